The fourth-order valence-corrected chi connectivity index (χ4v) is 0.926. The van der Waals surface area contributed by atoms with Gasteiger partial charge in [-0.15, -0.1) is 10.2 Å². The van der Waals surface area contributed by atoms with Gasteiger partial charge in [-0.05, 0) is 5.21 Å². The van der Waals surface area contributed by atoms with Crippen molar-refractivity contribution in [2.45, 2.75) is 6.42 Å². The van der Waals surface area contributed by atoms with Crippen molar-refractivity contribution >= 4 is 5.91 Å². The van der Waals surface area contributed by atoms with E-state index in [2.05, 4.69) is 36.1 Å². The molecule has 0 fully saturated rings. The maximum Gasteiger partial charge on any atom is 0.292 e. The van der Waals surface area contributed by atoms with Gasteiger partial charge in [0.15, 0.2) is 6.33 Å². The molecule has 1 amide bonds. The van der Waals surface area contributed by atoms with Gasteiger partial charge < -0.3 is 9.84 Å². The largest absolute Gasteiger partial charge is 0.349 e. The summed E-state index contributed by atoms with van der Waals surface area (Å²) in [6.45, 7) is 0.371. The maximum absolute atomic E-state index is 11.3. The molecule has 0 unspecified atom stereocenters. The third-order valence-electron chi connectivity index (χ3n) is 1.58. The molecule has 0 aliphatic carbocycles. The van der Waals surface area contributed by atoms with E-state index in [0.29, 0.717) is 18.9 Å². The molecule has 2 N–H and O–H groups in total. The molecule has 2 aromatic heterocycles. The van der Waals surface area contributed by atoms with Gasteiger partial charge in [0.2, 0.25) is 5.89 Å². The van der Waals surface area contributed by atoms with E-state index in [9.17, 15) is 4.79 Å². The Bertz CT molecular complexity index is 409. The van der Waals surface area contributed by atoms with Crippen molar-refractivity contribution < 1.29 is 9.32 Å². The van der Waals surface area contributed by atoms with Crippen LogP contribution in [0, 0.1) is 0 Å². The summed E-state index contributed by atoms with van der Waals surface area (Å²) in [5.74, 6) is 0.0622. The van der Waals surface area contributed by atoms with Crippen LogP contribution in [0.25, 0.3) is 0 Å². The van der Waals surface area contributed by atoms with Crippen LogP contribution in [0.3, 0.4) is 0 Å². The number of nitrogens with zero attached hydrogens (tertiary/aromatic N) is 5. The Balaban J connectivity index is 1.77. The van der Waals surface area contributed by atoms with E-state index < -0.39 is 5.91 Å². The SMILES string of the molecule is O=C(NCCc1ncno1)c1nn[nH]n1. The van der Waals surface area contributed by atoms with Gasteiger partial charge in [-0.1, -0.05) is 5.16 Å². The predicted molar refractivity (Wildman–Crippen MR) is 44.5 cm³/mol. The first-order valence-corrected chi connectivity index (χ1v) is 4.13. The van der Waals surface area contributed by atoms with Crippen LogP contribution >= 0.6 is 0 Å². The molecule has 2 rings (SSSR count). The number of carbonyl (C=O) groups is 1. The minimum absolute atomic E-state index is 0.000490. The van der Waals surface area contributed by atoms with Crippen molar-refractivity contribution in [2.75, 3.05) is 6.54 Å². The van der Waals surface area contributed by atoms with E-state index in [4.69, 9.17) is 4.52 Å². The third kappa shape index (κ3) is 2.33. The van der Waals surface area contributed by atoms with Crippen LogP contribution in [-0.2, 0) is 6.42 Å². The summed E-state index contributed by atoms with van der Waals surface area (Å²) in [7, 11) is 0. The predicted octanol–water partition coefficient (Wildman–Crippen LogP) is -1.44. The molecular weight excluding hydrogens is 202 g/mol. The van der Waals surface area contributed by atoms with E-state index in [1.807, 2.05) is 0 Å². The van der Waals surface area contributed by atoms with Crippen LogP contribution < -0.4 is 5.32 Å². The molecule has 0 saturated carbocycles. The molecule has 9 heteroatoms. The summed E-state index contributed by atoms with van der Waals surface area (Å²) in [6.07, 6.45) is 1.76. The normalized spacial score (nSPS) is 10.1. The number of H-pyrrole nitrogens is 1. The molecule has 0 bridgehead atoms. The van der Waals surface area contributed by atoms with Gasteiger partial charge in [-0.25, -0.2) is 0 Å². The van der Waals surface area contributed by atoms with E-state index in [1.54, 1.807) is 0 Å². The number of aromatic nitrogens is 6. The topological polar surface area (TPSA) is 122 Å². The molecule has 9 nitrogen and oxygen atoms in total. The molecule has 0 saturated heterocycles. The number of hydrogen-bond donors (Lipinski definition) is 2. The summed E-state index contributed by atoms with van der Waals surface area (Å²) in [5.41, 5.74) is 0. The van der Waals surface area contributed by atoms with Gasteiger partial charge in [0.25, 0.3) is 11.7 Å². The third-order valence-corrected chi connectivity index (χ3v) is 1.58. The average molecular weight is 209 g/mol. The molecule has 78 valence electrons. The van der Waals surface area contributed by atoms with Gasteiger partial charge in [-0.2, -0.15) is 10.2 Å². The standard InChI is InChI=1S/C6H7N7O2/c14-6(5-10-12-13-11-5)7-2-1-4-8-3-9-15-4/h3H,1-2H2,(H,7,14)(H,10,11,12,13). The Kier molecular flexibility index (Phi) is 2.63. The van der Waals surface area contributed by atoms with Crippen molar-refractivity contribution in [1.82, 2.24) is 36.1 Å². The number of amides is 1. The van der Waals surface area contributed by atoms with Crippen LogP contribution in [0.15, 0.2) is 10.9 Å². The lowest BCUT2D eigenvalue weighted by Crippen LogP contribution is -2.26. The van der Waals surface area contributed by atoms with Crippen molar-refractivity contribution in [3.8, 4) is 0 Å². The van der Waals surface area contributed by atoms with E-state index in [0.717, 1.165) is 0 Å². The zero-order valence-electron chi connectivity index (χ0n) is 7.54. The zero-order chi connectivity index (χ0) is 10.5. The molecule has 2 heterocycles. The van der Waals surface area contributed by atoms with E-state index in [1.165, 1.54) is 6.33 Å². The Morgan fingerprint density at radius 3 is 3.20 bits per heavy atom. The molecule has 0 aliphatic heterocycles. The van der Waals surface area contributed by atoms with E-state index >= 15 is 0 Å². The lowest BCUT2D eigenvalue weighted by atomic mass is 10.4. The Morgan fingerprint density at radius 1 is 1.60 bits per heavy atom. The van der Waals surface area contributed by atoms with Crippen molar-refractivity contribution in [2.24, 2.45) is 0 Å². The molecule has 0 aliphatic rings. The lowest BCUT2D eigenvalue weighted by molar-refractivity contribution is 0.0943. The monoisotopic (exact) mass is 209 g/mol. The molecule has 15 heavy (non-hydrogen) atoms. The van der Waals surface area contributed by atoms with Crippen LogP contribution in [0.2, 0.25) is 0 Å². The first-order valence-electron chi connectivity index (χ1n) is 4.13. The number of aromatic amines is 1. The second-order valence-corrected chi connectivity index (χ2v) is 2.58. The second-order valence-electron chi connectivity index (χ2n) is 2.58. The Hall–Kier alpha value is -2.32. The maximum atomic E-state index is 11.3. The number of tetrazole rings is 1. The van der Waals surface area contributed by atoms with Crippen molar-refractivity contribution in [3.63, 3.8) is 0 Å². The molecule has 0 radical (unpaired) electrons. The number of nitrogens with one attached hydrogen (secondary N) is 2. The van der Waals surface area contributed by atoms with Crippen molar-refractivity contribution in [3.05, 3.63) is 18.0 Å². The van der Waals surface area contributed by atoms with E-state index in [-0.39, 0.29) is 5.82 Å². The van der Waals surface area contributed by atoms with Crippen molar-refractivity contribution in [1.29, 1.82) is 0 Å². The average Bonchev–Trinajstić information content (AvgIpc) is 2.90. The quantitative estimate of drug-likeness (QED) is 0.631. The summed E-state index contributed by atoms with van der Waals surface area (Å²) in [6, 6.07) is 0. The van der Waals surface area contributed by atoms with Gasteiger partial charge in [0.05, 0.1) is 0 Å². The second kappa shape index (κ2) is 4.26. The minimum atomic E-state index is -0.400. The zero-order valence-corrected chi connectivity index (χ0v) is 7.54. The number of rotatable bonds is 4. The highest BCUT2D eigenvalue weighted by atomic mass is 16.5. The minimum Gasteiger partial charge on any atom is -0.349 e. The van der Waals surface area contributed by atoms with Crippen LogP contribution in [0.4, 0.5) is 0 Å². The molecular formula is C6H7N7O2. The number of carbonyl (C=O) groups excluding carboxylic acids is 1. The number of hydrogen-bond acceptors (Lipinski definition) is 7. The fourth-order valence-electron chi connectivity index (χ4n) is 0.926. The van der Waals surface area contributed by atoms with Crippen LogP contribution in [-0.4, -0.2) is 43.2 Å². The molecule has 0 aromatic carbocycles. The van der Waals surface area contributed by atoms with Gasteiger partial charge in [0, 0.05) is 13.0 Å². The summed E-state index contributed by atoms with van der Waals surface area (Å²) < 4.78 is 4.74. The molecule has 2 aromatic rings. The van der Waals surface area contributed by atoms with Crippen LogP contribution in [0.1, 0.15) is 16.5 Å². The highest BCUT2D eigenvalue weighted by Gasteiger charge is 2.09. The molecule has 0 spiro atoms. The first kappa shape index (κ1) is 9.24. The Morgan fingerprint density at radius 2 is 2.53 bits per heavy atom. The van der Waals surface area contributed by atoms with Gasteiger partial charge >= 0.3 is 0 Å². The van der Waals surface area contributed by atoms with Gasteiger partial charge in [-0.3, -0.25) is 4.79 Å². The molecule has 0 atom stereocenters. The fraction of sp³-hybridized carbons (Fsp3) is 0.333. The smallest absolute Gasteiger partial charge is 0.292 e. The lowest BCUT2D eigenvalue weighted by Gasteiger charge is -1.97. The Labute approximate surface area is 83.3 Å². The highest BCUT2D eigenvalue weighted by Crippen LogP contribution is 1.91. The summed E-state index contributed by atoms with van der Waals surface area (Å²) >= 11 is 0. The first-order chi connectivity index (χ1) is 7.36. The summed E-state index contributed by atoms with van der Waals surface area (Å²) in [5, 5.41) is 18.5. The highest BCUT2D eigenvalue weighted by molar-refractivity contribution is 5.89. The van der Waals surface area contributed by atoms with Crippen LogP contribution in [0.5, 0.6) is 0 Å². The summed E-state index contributed by atoms with van der Waals surface area (Å²) in [4.78, 5) is 15.1. The van der Waals surface area contributed by atoms with Gasteiger partial charge in [0.1, 0.15) is 0 Å².